The van der Waals surface area contributed by atoms with Gasteiger partial charge in [0, 0.05) is 0 Å². The Labute approximate surface area is 68.2 Å². The predicted molar refractivity (Wildman–Crippen MR) is 50.9 cm³/mol. The van der Waals surface area contributed by atoms with Crippen LogP contribution in [0, 0.1) is 0 Å². The highest BCUT2D eigenvalue weighted by molar-refractivity contribution is 9.24. The average Bonchev–Trinajstić information content (AvgIpc) is 1.85. The van der Waals surface area contributed by atoms with Crippen LogP contribution in [0.5, 0.6) is 0 Å². The van der Waals surface area contributed by atoms with Crippen molar-refractivity contribution < 1.29 is 0 Å². The van der Waals surface area contributed by atoms with Crippen LogP contribution < -0.4 is 0 Å². The Morgan fingerprint density at radius 3 is 2.22 bits per heavy atom. The second-order valence-electron chi connectivity index (χ2n) is 2.53. The maximum absolute atomic E-state index is 3.78. The van der Waals surface area contributed by atoms with Crippen LogP contribution in [0.1, 0.15) is 33.1 Å². The fraction of sp³-hybridized carbons (Fsp3) is 1.00. The summed E-state index contributed by atoms with van der Waals surface area (Å²) in [5.74, 6) is 0. The minimum absolute atomic E-state index is 0.407. The highest BCUT2D eigenvalue weighted by Gasteiger charge is 2.02. The van der Waals surface area contributed by atoms with Gasteiger partial charge in [-0.25, -0.2) is 0 Å². The van der Waals surface area contributed by atoms with Gasteiger partial charge in [0.25, 0.3) is 0 Å². The molecule has 0 N–H and O–H groups in total. The van der Waals surface area contributed by atoms with Crippen LogP contribution in [-0.4, -0.2) is 7.42 Å². The number of halogens is 1. The predicted octanol–water partition coefficient (Wildman–Crippen LogP) is 3.32. The fourth-order valence-corrected chi connectivity index (χ4v) is 4.99. The van der Waals surface area contributed by atoms with E-state index in [0.29, 0.717) is 0 Å². The maximum Gasteiger partial charge on any atom is 0.114 e. The van der Waals surface area contributed by atoms with Crippen molar-refractivity contribution in [3.8, 4) is 0 Å². The molecule has 0 saturated carbocycles. The maximum atomic E-state index is 3.78. The summed E-state index contributed by atoms with van der Waals surface area (Å²) in [6.07, 6.45) is 4.16. The second-order valence-corrected chi connectivity index (χ2v) is 8.76. The first kappa shape index (κ1) is 9.70. The Morgan fingerprint density at radius 1 is 1.11 bits per heavy atom. The van der Waals surface area contributed by atoms with E-state index in [-0.39, 0.29) is 0 Å². The molecule has 0 bridgehead atoms. The van der Waals surface area contributed by atoms with Gasteiger partial charge < -0.3 is 0 Å². The van der Waals surface area contributed by atoms with Crippen LogP contribution in [0.2, 0.25) is 12.1 Å². The Balaban J connectivity index is 2.95. The van der Waals surface area contributed by atoms with Crippen molar-refractivity contribution in [3.05, 3.63) is 0 Å². The minimum Gasteiger partial charge on any atom is -0.131 e. The quantitative estimate of drug-likeness (QED) is 0.481. The summed E-state index contributed by atoms with van der Waals surface area (Å²) in [5, 5.41) is 0. The molecule has 0 aromatic heterocycles. The highest BCUT2D eigenvalue weighted by atomic mass is 79.9. The van der Waals surface area contributed by atoms with Crippen LogP contribution in [0.25, 0.3) is 0 Å². The molecule has 56 valence electrons. The molecule has 0 saturated heterocycles. The molecule has 0 aliphatic rings. The molecule has 1 unspecified atom stereocenters. The Kier molecular flexibility index (Phi) is 7.34. The third-order valence-electron chi connectivity index (χ3n) is 1.47. The van der Waals surface area contributed by atoms with E-state index in [1.54, 1.807) is 0 Å². The van der Waals surface area contributed by atoms with Gasteiger partial charge in [0.1, 0.15) is 7.42 Å². The van der Waals surface area contributed by atoms with Gasteiger partial charge in [0.05, 0.1) is 0 Å². The lowest BCUT2D eigenvalue weighted by Crippen LogP contribution is -1.99. The molecule has 0 aliphatic carbocycles. The van der Waals surface area contributed by atoms with E-state index < -0.39 is 7.42 Å². The second kappa shape index (κ2) is 6.81. The topological polar surface area (TPSA) is 0 Å². The van der Waals surface area contributed by atoms with Crippen molar-refractivity contribution in [3.63, 3.8) is 0 Å². The fourth-order valence-electron chi connectivity index (χ4n) is 0.883. The molecule has 2 heteroatoms. The summed E-state index contributed by atoms with van der Waals surface area (Å²) < 4.78 is 0. The Hall–Kier alpha value is 0.697. The van der Waals surface area contributed by atoms with Crippen molar-refractivity contribution >= 4 is 22.7 Å². The van der Waals surface area contributed by atoms with Crippen molar-refractivity contribution in [2.75, 3.05) is 0 Å². The van der Waals surface area contributed by atoms with Crippen LogP contribution in [0.3, 0.4) is 0 Å². The van der Waals surface area contributed by atoms with Gasteiger partial charge in [-0.3, -0.25) is 0 Å². The van der Waals surface area contributed by atoms with Gasteiger partial charge in [0.15, 0.2) is 0 Å². The molecule has 0 heterocycles. The lowest BCUT2D eigenvalue weighted by atomic mass is 10.4. The number of rotatable bonds is 5. The highest BCUT2D eigenvalue weighted by Crippen LogP contribution is 2.12. The molecule has 0 aliphatic heterocycles. The van der Waals surface area contributed by atoms with E-state index in [0.717, 1.165) is 0 Å². The number of unbranched alkanes of at least 4 members (excludes halogenated alkanes) is 1. The van der Waals surface area contributed by atoms with Crippen molar-refractivity contribution in [1.29, 1.82) is 0 Å². The van der Waals surface area contributed by atoms with Crippen molar-refractivity contribution in [2.45, 2.75) is 45.2 Å². The number of hydrogen-bond acceptors (Lipinski definition) is 0. The zero-order chi connectivity index (χ0) is 7.11. The first-order chi connectivity index (χ1) is 4.31. The average molecular weight is 209 g/mol. The molecule has 0 nitrogen and oxygen atoms in total. The van der Waals surface area contributed by atoms with Crippen LogP contribution in [0.15, 0.2) is 0 Å². The molecule has 0 radical (unpaired) electrons. The van der Waals surface area contributed by atoms with Crippen LogP contribution in [0.4, 0.5) is 0 Å². The van der Waals surface area contributed by atoms with E-state index in [1.165, 1.54) is 31.4 Å². The molecule has 9 heavy (non-hydrogen) atoms. The van der Waals surface area contributed by atoms with E-state index in [4.69, 9.17) is 0 Å². The van der Waals surface area contributed by atoms with E-state index in [2.05, 4.69) is 29.1 Å². The molecular weight excluding hydrogens is 192 g/mol. The van der Waals surface area contributed by atoms with E-state index in [1.807, 2.05) is 0 Å². The normalized spacial score (nSPS) is 13.7. The lowest BCUT2D eigenvalue weighted by molar-refractivity contribution is 0.873. The van der Waals surface area contributed by atoms with Crippen molar-refractivity contribution in [1.82, 2.24) is 0 Å². The molecule has 0 fully saturated rings. The van der Waals surface area contributed by atoms with Gasteiger partial charge in [-0.15, -0.1) is 15.3 Å². The van der Waals surface area contributed by atoms with Crippen molar-refractivity contribution in [2.24, 2.45) is 0 Å². The van der Waals surface area contributed by atoms with E-state index >= 15 is 0 Å². The molecule has 0 amide bonds. The molecule has 0 aromatic carbocycles. The van der Waals surface area contributed by atoms with Crippen LogP contribution >= 0.6 is 15.3 Å². The molecular formula is C7H17BrSi. The third-order valence-corrected chi connectivity index (χ3v) is 6.46. The molecule has 0 aromatic rings. The first-order valence-electron chi connectivity index (χ1n) is 3.95. The van der Waals surface area contributed by atoms with Gasteiger partial charge in [0.2, 0.25) is 0 Å². The van der Waals surface area contributed by atoms with Gasteiger partial charge in [-0.2, -0.15) is 0 Å². The Bertz CT molecular complexity index is 56.9. The first-order valence-corrected chi connectivity index (χ1v) is 8.77. The zero-order valence-electron chi connectivity index (χ0n) is 6.49. The molecule has 1 atom stereocenters. The lowest BCUT2D eigenvalue weighted by Gasteiger charge is -2.02. The van der Waals surface area contributed by atoms with Gasteiger partial charge in [-0.05, 0) is 0 Å². The summed E-state index contributed by atoms with van der Waals surface area (Å²) in [6, 6.07) is 2.96. The Morgan fingerprint density at radius 2 is 1.78 bits per heavy atom. The summed E-state index contributed by atoms with van der Waals surface area (Å²) >= 11 is 3.78. The molecule has 0 rings (SSSR count). The SMILES string of the molecule is CCCC[SiH](Br)CCC. The van der Waals surface area contributed by atoms with Crippen LogP contribution in [-0.2, 0) is 0 Å². The van der Waals surface area contributed by atoms with Gasteiger partial charge >= 0.3 is 0 Å². The number of hydrogen-bond donors (Lipinski definition) is 0. The zero-order valence-corrected chi connectivity index (χ0v) is 9.23. The monoisotopic (exact) mass is 208 g/mol. The van der Waals surface area contributed by atoms with E-state index in [9.17, 15) is 0 Å². The molecule has 0 spiro atoms. The summed E-state index contributed by atoms with van der Waals surface area (Å²) in [7, 11) is -0.407. The largest absolute Gasteiger partial charge is 0.131 e. The summed E-state index contributed by atoms with van der Waals surface area (Å²) in [4.78, 5) is 0. The van der Waals surface area contributed by atoms with Gasteiger partial charge in [-0.1, -0.05) is 45.2 Å². The summed E-state index contributed by atoms with van der Waals surface area (Å²) in [6.45, 7) is 4.53. The summed E-state index contributed by atoms with van der Waals surface area (Å²) in [5.41, 5.74) is 0. The smallest absolute Gasteiger partial charge is 0.114 e. The third kappa shape index (κ3) is 6.58. The standard InChI is InChI=1S/C7H17BrSi/c1-3-5-7-9(8)6-4-2/h9H,3-7H2,1-2H3. The minimum atomic E-state index is -0.407.